The molecule has 32 heavy (non-hydrogen) atoms. The van der Waals surface area contributed by atoms with Gasteiger partial charge in [0.2, 0.25) is 5.88 Å². The van der Waals surface area contributed by atoms with E-state index in [9.17, 15) is 5.11 Å². The van der Waals surface area contributed by atoms with E-state index < -0.39 is 0 Å². The van der Waals surface area contributed by atoms with Crippen LogP contribution in [0.3, 0.4) is 0 Å². The predicted octanol–water partition coefficient (Wildman–Crippen LogP) is 5.95. The molecule has 2 aromatic carbocycles. The van der Waals surface area contributed by atoms with Gasteiger partial charge in [-0.1, -0.05) is 74.7 Å². The van der Waals surface area contributed by atoms with E-state index in [4.69, 9.17) is 9.84 Å². The Kier molecular flexibility index (Phi) is 8.89. The highest BCUT2D eigenvalue weighted by molar-refractivity contribution is 5.65. The number of aliphatic hydroxyl groups excluding tert-OH is 1. The molecule has 0 aliphatic carbocycles. The van der Waals surface area contributed by atoms with Crippen LogP contribution in [0.25, 0.3) is 11.3 Å². The zero-order valence-electron chi connectivity index (χ0n) is 19.9. The van der Waals surface area contributed by atoms with Crippen LogP contribution in [0, 0.1) is 6.92 Å². The summed E-state index contributed by atoms with van der Waals surface area (Å²) in [6.07, 6.45) is 3.68. The summed E-state index contributed by atoms with van der Waals surface area (Å²) in [5.74, 6) is 1.54. The third-order valence-electron chi connectivity index (χ3n) is 5.65. The van der Waals surface area contributed by atoms with Crippen molar-refractivity contribution in [3.8, 4) is 22.9 Å². The Morgan fingerprint density at radius 3 is 2.41 bits per heavy atom. The average Bonchev–Trinajstić information content (AvgIpc) is 3.09. The van der Waals surface area contributed by atoms with Gasteiger partial charge in [-0.25, -0.2) is 4.68 Å². The number of aromatic nitrogens is 2. The molecule has 0 radical (unpaired) electrons. The molecule has 5 heteroatoms. The zero-order valence-corrected chi connectivity index (χ0v) is 19.9. The predicted molar refractivity (Wildman–Crippen MR) is 131 cm³/mol. The van der Waals surface area contributed by atoms with Crippen LogP contribution in [0.4, 0.5) is 0 Å². The lowest BCUT2D eigenvalue weighted by Crippen LogP contribution is -2.33. The molecule has 0 aliphatic rings. The molecule has 3 aromatic rings. The summed E-state index contributed by atoms with van der Waals surface area (Å²) in [5, 5.41) is 15.4. The van der Waals surface area contributed by atoms with Crippen molar-refractivity contribution in [2.24, 2.45) is 7.05 Å². The van der Waals surface area contributed by atoms with Crippen LogP contribution in [0.2, 0.25) is 0 Å². The Bertz CT molecular complexity index is 951. The van der Waals surface area contributed by atoms with Crippen LogP contribution < -0.4 is 4.74 Å². The van der Waals surface area contributed by atoms with E-state index in [-0.39, 0.29) is 6.10 Å². The second-order valence-electron chi connectivity index (χ2n) is 8.57. The molecule has 1 unspecified atom stereocenters. The summed E-state index contributed by atoms with van der Waals surface area (Å²) in [6, 6.07) is 18.3. The molecule has 0 spiro atoms. The second-order valence-corrected chi connectivity index (χ2v) is 8.57. The van der Waals surface area contributed by atoms with E-state index in [1.165, 1.54) is 5.56 Å². The molecule has 1 aromatic heterocycles. The Labute approximate surface area is 192 Å². The molecule has 0 saturated carbocycles. The van der Waals surface area contributed by atoms with Crippen molar-refractivity contribution >= 4 is 0 Å². The Morgan fingerprint density at radius 2 is 1.75 bits per heavy atom. The van der Waals surface area contributed by atoms with Gasteiger partial charge in [0.25, 0.3) is 0 Å². The van der Waals surface area contributed by atoms with Gasteiger partial charge in [0.15, 0.2) is 0 Å². The lowest BCUT2D eigenvalue weighted by molar-refractivity contribution is 0.0992. The third kappa shape index (κ3) is 6.44. The second kappa shape index (κ2) is 11.8. The standard InChI is InChI=1S/C27H37N3O2/c1-5-7-13-23(31)19-30(18-6-2)20-25-26(22-11-9-8-10-12-22)28-29(4)27(25)32-24-16-14-21(3)15-17-24/h8-12,14-17,23,31H,5-7,13,18-20H2,1-4H3. The minimum absolute atomic E-state index is 0.320. The number of nitrogens with zero attached hydrogens (tertiary/aromatic N) is 3. The summed E-state index contributed by atoms with van der Waals surface area (Å²) < 4.78 is 8.19. The maximum atomic E-state index is 10.6. The minimum Gasteiger partial charge on any atom is -0.439 e. The van der Waals surface area contributed by atoms with Gasteiger partial charge in [-0.3, -0.25) is 4.90 Å². The maximum absolute atomic E-state index is 10.6. The molecule has 172 valence electrons. The van der Waals surface area contributed by atoms with Crippen molar-refractivity contribution in [1.82, 2.24) is 14.7 Å². The molecule has 3 rings (SSSR count). The van der Waals surface area contributed by atoms with Crippen molar-refractivity contribution in [3.05, 3.63) is 65.7 Å². The quantitative estimate of drug-likeness (QED) is 0.382. The van der Waals surface area contributed by atoms with Gasteiger partial charge < -0.3 is 9.84 Å². The number of unbranched alkanes of at least 4 members (excludes halogenated alkanes) is 1. The van der Waals surface area contributed by atoms with E-state index in [1.54, 1.807) is 0 Å². The number of aryl methyl sites for hydroxylation is 2. The molecular formula is C27H37N3O2. The zero-order chi connectivity index (χ0) is 22.9. The molecular weight excluding hydrogens is 398 g/mol. The van der Waals surface area contributed by atoms with Gasteiger partial charge >= 0.3 is 0 Å². The molecule has 0 amide bonds. The highest BCUT2D eigenvalue weighted by Gasteiger charge is 2.23. The first-order valence-corrected chi connectivity index (χ1v) is 11.8. The summed E-state index contributed by atoms with van der Waals surface area (Å²) in [5.41, 5.74) is 4.25. The highest BCUT2D eigenvalue weighted by atomic mass is 16.5. The summed E-state index contributed by atoms with van der Waals surface area (Å²) in [6.45, 7) is 8.65. The topological polar surface area (TPSA) is 50.5 Å². The van der Waals surface area contributed by atoms with Gasteiger partial charge in [0, 0.05) is 25.7 Å². The largest absolute Gasteiger partial charge is 0.439 e. The monoisotopic (exact) mass is 435 g/mol. The van der Waals surface area contributed by atoms with E-state index >= 15 is 0 Å². The van der Waals surface area contributed by atoms with Crippen LogP contribution in [-0.4, -0.2) is 39.0 Å². The van der Waals surface area contributed by atoms with Crippen LogP contribution >= 0.6 is 0 Å². The van der Waals surface area contributed by atoms with Crippen LogP contribution in [0.1, 0.15) is 50.7 Å². The minimum atomic E-state index is -0.320. The molecule has 0 fully saturated rings. The average molecular weight is 436 g/mol. The lowest BCUT2D eigenvalue weighted by atomic mass is 10.1. The fourth-order valence-electron chi connectivity index (χ4n) is 3.97. The van der Waals surface area contributed by atoms with Crippen LogP contribution in [0.15, 0.2) is 54.6 Å². The van der Waals surface area contributed by atoms with E-state index in [0.29, 0.717) is 13.1 Å². The van der Waals surface area contributed by atoms with Gasteiger partial charge in [0.1, 0.15) is 11.4 Å². The van der Waals surface area contributed by atoms with Crippen LogP contribution in [-0.2, 0) is 13.6 Å². The SMILES string of the molecule is CCCCC(O)CN(CCC)Cc1c(-c2ccccc2)nn(C)c1Oc1ccc(C)cc1. The first-order chi connectivity index (χ1) is 15.5. The first-order valence-electron chi connectivity index (χ1n) is 11.8. The Morgan fingerprint density at radius 1 is 1.03 bits per heavy atom. The van der Waals surface area contributed by atoms with Gasteiger partial charge in [-0.2, -0.15) is 5.10 Å². The molecule has 1 N–H and O–H groups in total. The van der Waals surface area contributed by atoms with Gasteiger partial charge in [0.05, 0.1) is 11.7 Å². The third-order valence-corrected chi connectivity index (χ3v) is 5.65. The number of aliphatic hydroxyl groups is 1. The number of benzene rings is 2. The number of hydrogen-bond acceptors (Lipinski definition) is 4. The molecule has 0 aliphatic heterocycles. The Hall–Kier alpha value is -2.63. The summed E-state index contributed by atoms with van der Waals surface area (Å²) in [4.78, 5) is 2.33. The smallest absolute Gasteiger partial charge is 0.222 e. The van der Waals surface area contributed by atoms with E-state index in [1.807, 2.05) is 42.1 Å². The molecule has 0 saturated heterocycles. The van der Waals surface area contributed by atoms with Crippen molar-refractivity contribution in [2.75, 3.05) is 13.1 Å². The Balaban J connectivity index is 1.95. The summed E-state index contributed by atoms with van der Waals surface area (Å²) in [7, 11) is 1.93. The lowest BCUT2D eigenvalue weighted by Gasteiger charge is -2.25. The van der Waals surface area contributed by atoms with Crippen LogP contribution in [0.5, 0.6) is 11.6 Å². The van der Waals surface area contributed by atoms with Gasteiger partial charge in [-0.15, -0.1) is 0 Å². The fraction of sp³-hybridized carbons (Fsp3) is 0.444. The van der Waals surface area contributed by atoms with Gasteiger partial charge in [-0.05, 0) is 38.4 Å². The molecule has 1 atom stereocenters. The molecule has 0 bridgehead atoms. The van der Waals surface area contributed by atoms with E-state index in [2.05, 4.69) is 49.9 Å². The first kappa shape index (κ1) is 24.0. The number of hydrogen-bond donors (Lipinski definition) is 1. The molecule has 5 nitrogen and oxygen atoms in total. The number of rotatable bonds is 12. The number of ether oxygens (including phenoxy) is 1. The maximum Gasteiger partial charge on any atom is 0.222 e. The summed E-state index contributed by atoms with van der Waals surface area (Å²) >= 11 is 0. The molecule has 1 heterocycles. The van der Waals surface area contributed by atoms with Crippen molar-refractivity contribution in [1.29, 1.82) is 0 Å². The van der Waals surface area contributed by atoms with E-state index in [0.717, 1.165) is 60.7 Å². The van der Waals surface area contributed by atoms with Crippen molar-refractivity contribution in [2.45, 2.75) is 59.1 Å². The fourth-order valence-corrected chi connectivity index (χ4v) is 3.97. The normalized spacial score (nSPS) is 12.3. The van der Waals surface area contributed by atoms with Crippen molar-refractivity contribution in [3.63, 3.8) is 0 Å². The van der Waals surface area contributed by atoms with Crippen molar-refractivity contribution < 1.29 is 9.84 Å². The highest BCUT2D eigenvalue weighted by Crippen LogP contribution is 2.34.